The zero-order valence-electron chi connectivity index (χ0n) is 12.2. The molecule has 0 aliphatic rings. The van der Waals surface area contributed by atoms with Gasteiger partial charge in [-0.05, 0) is 36.3 Å². The van der Waals surface area contributed by atoms with Crippen LogP contribution in [0.2, 0.25) is 0 Å². The van der Waals surface area contributed by atoms with Crippen LogP contribution >= 0.6 is 0 Å². The molecule has 0 spiro atoms. The summed E-state index contributed by atoms with van der Waals surface area (Å²) < 4.78 is 1.96. The Morgan fingerprint density at radius 2 is 2.23 bits per heavy atom. The smallest absolute Gasteiger partial charge is 0.244 e. The first kappa shape index (κ1) is 14.0. The van der Waals surface area contributed by atoms with E-state index >= 15 is 0 Å². The quantitative estimate of drug-likeness (QED) is 0.751. The SMILES string of the molecule is Cc1ccc2nc(CNC(=O)C=Cc3cccnc3)cn2c1. The van der Waals surface area contributed by atoms with E-state index < -0.39 is 0 Å². The Morgan fingerprint density at radius 3 is 3.05 bits per heavy atom. The molecule has 110 valence electrons. The number of hydrogen-bond donors (Lipinski definition) is 1. The number of rotatable bonds is 4. The molecule has 0 atom stereocenters. The van der Waals surface area contributed by atoms with Crippen LogP contribution in [0, 0.1) is 6.92 Å². The predicted octanol–water partition coefficient (Wildman–Crippen LogP) is 2.37. The first-order chi connectivity index (χ1) is 10.7. The van der Waals surface area contributed by atoms with Crippen LogP contribution in [-0.2, 0) is 11.3 Å². The molecule has 0 saturated carbocycles. The van der Waals surface area contributed by atoms with Crippen LogP contribution < -0.4 is 5.32 Å². The van der Waals surface area contributed by atoms with Crippen LogP contribution in [0.1, 0.15) is 16.8 Å². The standard InChI is InChI=1S/C17H16N4O/c1-13-4-6-16-20-15(12-21(16)11-13)10-19-17(22)7-5-14-3-2-8-18-9-14/h2-9,11-12H,10H2,1H3,(H,19,22). The van der Waals surface area contributed by atoms with E-state index in [9.17, 15) is 4.79 Å². The van der Waals surface area contributed by atoms with Crippen LogP contribution in [-0.4, -0.2) is 20.3 Å². The molecule has 0 fully saturated rings. The van der Waals surface area contributed by atoms with Gasteiger partial charge in [0.2, 0.25) is 5.91 Å². The second-order valence-electron chi connectivity index (χ2n) is 5.04. The van der Waals surface area contributed by atoms with Gasteiger partial charge in [0.15, 0.2) is 0 Å². The van der Waals surface area contributed by atoms with Gasteiger partial charge in [-0.1, -0.05) is 12.1 Å². The molecular formula is C17H16N4O. The second kappa shape index (κ2) is 6.22. The lowest BCUT2D eigenvalue weighted by molar-refractivity contribution is -0.116. The maximum atomic E-state index is 11.8. The van der Waals surface area contributed by atoms with Crippen LogP contribution in [0.5, 0.6) is 0 Å². The van der Waals surface area contributed by atoms with Gasteiger partial charge in [-0.15, -0.1) is 0 Å². The van der Waals surface area contributed by atoms with E-state index in [1.807, 2.05) is 48.0 Å². The minimum Gasteiger partial charge on any atom is -0.347 e. The summed E-state index contributed by atoms with van der Waals surface area (Å²) in [6, 6.07) is 7.70. The van der Waals surface area contributed by atoms with Gasteiger partial charge in [0, 0.05) is 30.9 Å². The molecule has 1 amide bonds. The highest BCUT2D eigenvalue weighted by Gasteiger charge is 2.03. The van der Waals surface area contributed by atoms with Crippen molar-refractivity contribution in [2.75, 3.05) is 0 Å². The first-order valence-electron chi connectivity index (χ1n) is 7.01. The van der Waals surface area contributed by atoms with Gasteiger partial charge < -0.3 is 9.72 Å². The van der Waals surface area contributed by atoms with E-state index in [0.717, 1.165) is 16.9 Å². The third-order valence-corrected chi connectivity index (χ3v) is 3.20. The number of pyridine rings is 2. The maximum Gasteiger partial charge on any atom is 0.244 e. The van der Waals surface area contributed by atoms with Crippen molar-refractivity contribution in [3.63, 3.8) is 0 Å². The third-order valence-electron chi connectivity index (χ3n) is 3.20. The molecule has 3 aromatic rings. The van der Waals surface area contributed by atoms with Crippen LogP contribution in [0.15, 0.2) is 55.1 Å². The molecule has 3 rings (SSSR count). The van der Waals surface area contributed by atoms with Crippen molar-refractivity contribution < 1.29 is 4.79 Å². The number of nitrogens with zero attached hydrogens (tertiary/aromatic N) is 3. The van der Waals surface area contributed by atoms with Gasteiger partial charge in [0.05, 0.1) is 12.2 Å². The zero-order chi connectivity index (χ0) is 15.4. The van der Waals surface area contributed by atoms with E-state index in [1.165, 1.54) is 11.6 Å². The summed E-state index contributed by atoms with van der Waals surface area (Å²) in [7, 11) is 0. The molecule has 0 unspecified atom stereocenters. The number of aryl methyl sites for hydroxylation is 1. The highest BCUT2D eigenvalue weighted by atomic mass is 16.1. The monoisotopic (exact) mass is 292 g/mol. The number of imidazole rings is 1. The Kier molecular flexibility index (Phi) is 3.96. The summed E-state index contributed by atoms with van der Waals surface area (Å²) in [4.78, 5) is 20.3. The molecule has 0 bridgehead atoms. The fourth-order valence-electron chi connectivity index (χ4n) is 2.12. The van der Waals surface area contributed by atoms with Gasteiger partial charge >= 0.3 is 0 Å². The van der Waals surface area contributed by atoms with Crippen molar-refractivity contribution in [1.82, 2.24) is 19.7 Å². The van der Waals surface area contributed by atoms with Gasteiger partial charge in [-0.25, -0.2) is 4.98 Å². The van der Waals surface area contributed by atoms with E-state index in [1.54, 1.807) is 18.5 Å². The summed E-state index contributed by atoms with van der Waals surface area (Å²) in [5.41, 5.74) is 3.76. The first-order valence-corrected chi connectivity index (χ1v) is 7.01. The lowest BCUT2D eigenvalue weighted by atomic mass is 10.2. The fraction of sp³-hybridized carbons (Fsp3) is 0.118. The largest absolute Gasteiger partial charge is 0.347 e. The lowest BCUT2D eigenvalue weighted by Gasteiger charge is -1.98. The van der Waals surface area contributed by atoms with Crippen molar-refractivity contribution >= 4 is 17.6 Å². The molecule has 0 aromatic carbocycles. The number of fused-ring (bicyclic) bond motifs is 1. The Balaban J connectivity index is 1.61. The number of aromatic nitrogens is 3. The topological polar surface area (TPSA) is 59.3 Å². The maximum absolute atomic E-state index is 11.8. The molecule has 5 nitrogen and oxygen atoms in total. The molecule has 22 heavy (non-hydrogen) atoms. The zero-order valence-corrected chi connectivity index (χ0v) is 12.2. The van der Waals surface area contributed by atoms with Gasteiger partial charge in [-0.2, -0.15) is 0 Å². The molecule has 0 aliphatic heterocycles. The number of nitrogens with one attached hydrogen (secondary N) is 1. The molecule has 0 radical (unpaired) electrons. The Labute approximate surface area is 128 Å². The summed E-state index contributed by atoms with van der Waals surface area (Å²) in [5.74, 6) is -0.155. The highest BCUT2D eigenvalue weighted by molar-refractivity contribution is 5.91. The Bertz CT molecular complexity index is 821. The molecule has 3 heterocycles. The van der Waals surface area contributed by atoms with E-state index in [0.29, 0.717) is 6.54 Å². The summed E-state index contributed by atoms with van der Waals surface area (Å²) in [6.07, 6.45) is 10.6. The molecular weight excluding hydrogens is 276 g/mol. The van der Waals surface area contributed by atoms with Gasteiger partial charge in [0.1, 0.15) is 5.65 Å². The van der Waals surface area contributed by atoms with Gasteiger partial charge in [0.25, 0.3) is 0 Å². The van der Waals surface area contributed by atoms with Crippen LogP contribution in [0.3, 0.4) is 0 Å². The number of carbonyl (C=O) groups excluding carboxylic acids is 1. The minimum atomic E-state index is -0.155. The van der Waals surface area contributed by atoms with Crippen LogP contribution in [0.25, 0.3) is 11.7 Å². The van der Waals surface area contributed by atoms with Crippen molar-refractivity contribution in [3.8, 4) is 0 Å². The Hall–Kier alpha value is -2.95. The predicted molar refractivity (Wildman–Crippen MR) is 85.0 cm³/mol. The van der Waals surface area contributed by atoms with Crippen molar-refractivity contribution in [1.29, 1.82) is 0 Å². The number of hydrogen-bond acceptors (Lipinski definition) is 3. The lowest BCUT2D eigenvalue weighted by Crippen LogP contribution is -2.20. The molecule has 3 aromatic heterocycles. The molecule has 1 N–H and O–H groups in total. The van der Waals surface area contributed by atoms with Crippen LogP contribution in [0.4, 0.5) is 0 Å². The molecule has 0 aliphatic carbocycles. The van der Waals surface area contributed by atoms with Crippen molar-refractivity contribution in [2.45, 2.75) is 13.5 Å². The minimum absolute atomic E-state index is 0.155. The van der Waals surface area contributed by atoms with E-state index in [2.05, 4.69) is 15.3 Å². The Morgan fingerprint density at radius 1 is 1.32 bits per heavy atom. The normalized spacial score (nSPS) is 11.1. The number of carbonyl (C=O) groups is 1. The van der Waals surface area contributed by atoms with Crippen molar-refractivity contribution in [2.24, 2.45) is 0 Å². The van der Waals surface area contributed by atoms with E-state index in [-0.39, 0.29) is 5.91 Å². The average molecular weight is 292 g/mol. The summed E-state index contributed by atoms with van der Waals surface area (Å²) in [6.45, 7) is 2.43. The fourth-order valence-corrected chi connectivity index (χ4v) is 2.12. The van der Waals surface area contributed by atoms with Gasteiger partial charge in [-0.3, -0.25) is 9.78 Å². The summed E-state index contributed by atoms with van der Waals surface area (Å²) >= 11 is 0. The van der Waals surface area contributed by atoms with E-state index in [4.69, 9.17) is 0 Å². The average Bonchev–Trinajstić information content (AvgIpc) is 2.94. The summed E-state index contributed by atoms with van der Waals surface area (Å²) in [5, 5.41) is 2.82. The van der Waals surface area contributed by atoms with Crippen molar-refractivity contribution in [3.05, 3.63) is 71.9 Å². The third kappa shape index (κ3) is 3.38. The highest BCUT2D eigenvalue weighted by Crippen LogP contribution is 2.07. The molecule has 5 heteroatoms. The number of amides is 1. The molecule has 0 saturated heterocycles. The second-order valence-corrected chi connectivity index (χ2v) is 5.04.